The highest BCUT2D eigenvalue weighted by Gasteiger charge is 2.44. The highest BCUT2D eigenvalue weighted by Crippen LogP contribution is 2.47. The lowest BCUT2D eigenvalue weighted by Crippen LogP contribution is -2.48. The first-order chi connectivity index (χ1) is 10.1. The van der Waals surface area contributed by atoms with Gasteiger partial charge in [0.15, 0.2) is 0 Å². The second kappa shape index (κ2) is 6.05. The number of ether oxygens (including phenoxy) is 1. The molecule has 2 unspecified atom stereocenters. The van der Waals surface area contributed by atoms with Crippen molar-refractivity contribution in [2.75, 3.05) is 13.2 Å². The number of pyridine rings is 1. The first-order valence-electron chi connectivity index (χ1n) is 8.44. The van der Waals surface area contributed by atoms with E-state index in [9.17, 15) is 0 Å². The summed E-state index contributed by atoms with van der Waals surface area (Å²) in [7, 11) is 0. The minimum atomic E-state index is 0.204. The van der Waals surface area contributed by atoms with Crippen LogP contribution in [0.3, 0.4) is 0 Å². The Balaban J connectivity index is 1.83. The second-order valence-corrected chi connectivity index (χ2v) is 6.89. The van der Waals surface area contributed by atoms with Crippen molar-refractivity contribution in [1.82, 2.24) is 10.3 Å². The zero-order valence-electron chi connectivity index (χ0n) is 13.6. The van der Waals surface area contributed by atoms with Crippen molar-refractivity contribution in [3.05, 3.63) is 29.1 Å². The van der Waals surface area contributed by atoms with Gasteiger partial charge in [-0.25, -0.2) is 0 Å². The van der Waals surface area contributed by atoms with Crippen LogP contribution < -0.4 is 5.32 Å². The van der Waals surface area contributed by atoms with Crippen LogP contribution in [0.2, 0.25) is 0 Å². The minimum Gasteiger partial charge on any atom is -0.375 e. The average molecular weight is 288 g/mol. The maximum Gasteiger partial charge on any atom is 0.0686 e. The molecule has 1 saturated heterocycles. The lowest BCUT2D eigenvalue weighted by molar-refractivity contribution is -0.147. The molecule has 116 valence electrons. The number of aryl methyl sites for hydroxylation is 2. The molecule has 1 aliphatic heterocycles. The summed E-state index contributed by atoms with van der Waals surface area (Å²) < 4.78 is 6.10. The van der Waals surface area contributed by atoms with E-state index in [-0.39, 0.29) is 5.60 Å². The van der Waals surface area contributed by atoms with E-state index in [2.05, 4.69) is 32.2 Å². The quantitative estimate of drug-likeness (QED) is 0.917. The molecule has 21 heavy (non-hydrogen) atoms. The summed E-state index contributed by atoms with van der Waals surface area (Å²) >= 11 is 0. The van der Waals surface area contributed by atoms with Crippen LogP contribution in [0, 0.1) is 19.8 Å². The third-order valence-electron chi connectivity index (χ3n) is 5.24. The first kappa shape index (κ1) is 15.0. The van der Waals surface area contributed by atoms with Gasteiger partial charge in [0.25, 0.3) is 0 Å². The van der Waals surface area contributed by atoms with E-state index in [1.807, 2.05) is 6.20 Å². The van der Waals surface area contributed by atoms with Gasteiger partial charge in [-0.15, -0.1) is 0 Å². The lowest BCUT2D eigenvalue weighted by Gasteiger charge is -2.49. The van der Waals surface area contributed by atoms with Crippen LogP contribution in [-0.2, 0) is 4.74 Å². The van der Waals surface area contributed by atoms with Crippen LogP contribution in [0.25, 0.3) is 0 Å². The maximum atomic E-state index is 6.10. The fourth-order valence-corrected chi connectivity index (χ4v) is 4.03. The highest BCUT2D eigenvalue weighted by atomic mass is 16.5. The molecule has 0 aromatic carbocycles. The van der Waals surface area contributed by atoms with Gasteiger partial charge < -0.3 is 10.1 Å². The number of nitrogens with one attached hydrogen (secondary N) is 1. The molecule has 1 spiro atoms. The van der Waals surface area contributed by atoms with Gasteiger partial charge >= 0.3 is 0 Å². The van der Waals surface area contributed by atoms with Crippen LogP contribution in [0.5, 0.6) is 0 Å². The Bertz CT molecular complexity index is 496. The normalized spacial score (nSPS) is 25.6. The third-order valence-corrected chi connectivity index (χ3v) is 5.24. The fraction of sp³-hybridized carbons (Fsp3) is 0.722. The van der Waals surface area contributed by atoms with Gasteiger partial charge in [0, 0.05) is 12.8 Å². The summed E-state index contributed by atoms with van der Waals surface area (Å²) in [5, 5.41) is 3.70. The van der Waals surface area contributed by atoms with E-state index in [1.165, 1.54) is 42.5 Å². The number of hydrogen-bond donors (Lipinski definition) is 1. The van der Waals surface area contributed by atoms with Gasteiger partial charge in [-0.05, 0) is 69.5 Å². The fourth-order valence-electron chi connectivity index (χ4n) is 4.03. The minimum absolute atomic E-state index is 0.204. The Kier molecular flexibility index (Phi) is 4.32. The zero-order chi connectivity index (χ0) is 14.9. The summed E-state index contributed by atoms with van der Waals surface area (Å²) in [6.07, 6.45) is 8.19. The summed E-state index contributed by atoms with van der Waals surface area (Å²) in [5.74, 6) is 0.646. The van der Waals surface area contributed by atoms with Crippen molar-refractivity contribution >= 4 is 0 Å². The third kappa shape index (κ3) is 3.00. The molecule has 1 aromatic rings. The molecular weight excluding hydrogens is 260 g/mol. The largest absolute Gasteiger partial charge is 0.375 e. The summed E-state index contributed by atoms with van der Waals surface area (Å²) in [4.78, 5) is 4.76. The Labute approximate surface area is 128 Å². The number of rotatable bonds is 4. The van der Waals surface area contributed by atoms with Crippen LogP contribution >= 0.6 is 0 Å². The van der Waals surface area contributed by atoms with Crippen LogP contribution in [-0.4, -0.2) is 23.7 Å². The van der Waals surface area contributed by atoms with Crippen molar-refractivity contribution in [3.63, 3.8) is 0 Å². The topological polar surface area (TPSA) is 34.2 Å². The molecular formula is C18H28N2O. The number of nitrogens with zero attached hydrogens (tertiary/aromatic N) is 1. The van der Waals surface area contributed by atoms with Gasteiger partial charge in [0.2, 0.25) is 0 Å². The summed E-state index contributed by atoms with van der Waals surface area (Å²) in [6, 6.07) is 2.63. The van der Waals surface area contributed by atoms with Gasteiger partial charge in [0.05, 0.1) is 17.3 Å². The molecule has 2 heterocycles. The standard InChI is InChI=1S/C18H28N2O/c1-4-19-17(16-14(3)10-13(2)12-20-16)15-6-9-21-18(11-15)7-5-8-18/h10,12,15,17,19H,4-9,11H2,1-3H3. The monoisotopic (exact) mass is 288 g/mol. The summed E-state index contributed by atoms with van der Waals surface area (Å²) in [6.45, 7) is 8.40. The van der Waals surface area contributed by atoms with E-state index in [0.29, 0.717) is 12.0 Å². The molecule has 3 nitrogen and oxygen atoms in total. The van der Waals surface area contributed by atoms with Crippen molar-refractivity contribution in [2.45, 2.75) is 64.5 Å². The predicted octanol–water partition coefficient (Wildman–Crippen LogP) is 3.70. The van der Waals surface area contributed by atoms with E-state index in [4.69, 9.17) is 9.72 Å². The number of hydrogen-bond acceptors (Lipinski definition) is 3. The van der Waals surface area contributed by atoms with E-state index >= 15 is 0 Å². The molecule has 1 aromatic heterocycles. The first-order valence-corrected chi connectivity index (χ1v) is 8.44. The molecule has 2 atom stereocenters. The Hall–Kier alpha value is -0.930. The smallest absolute Gasteiger partial charge is 0.0686 e. The molecule has 0 bridgehead atoms. The van der Waals surface area contributed by atoms with Crippen molar-refractivity contribution < 1.29 is 4.74 Å². The second-order valence-electron chi connectivity index (χ2n) is 6.89. The van der Waals surface area contributed by atoms with Crippen LogP contribution in [0.1, 0.15) is 61.9 Å². The molecule has 1 aliphatic carbocycles. The van der Waals surface area contributed by atoms with Crippen molar-refractivity contribution in [2.24, 2.45) is 5.92 Å². The summed E-state index contributed by atoms with van der Waals surface area (Å²) in [5.41, 5.74) is 4.00. The number of aromatic nitrogens is 1. The Morgan fingerprint density at radius 2 is 2.24 bits per heavy atom. The van der Waals surface area contributed by atoms with Gasteiger partial charge in [0.1, 0.15) is 0 Å². The van der Waals surface area contributed by atoms with Gasteiger partial charge in [-0.1, -0.05) is 13.0 Å². The SMILES string of the molecule is CCNC(c1ncc(C)cc1C)C1CCOC2(CCC2)C1. The zero-order valence-corrected chi connectivity index (χ0v) is 13.6. The molecule has 1 N–H and O–H groups in total. The van der Waals surface area contributed by atoms with E-state index in [0.717, 1.165) is 19.6 Å². The predicted molar refractivity (Wildman–Crippen MR) is 85.4 cm³/mol. The molecule has 3 rings (SSSR count). The van der Waals surface area contributed by atoms with Gasteiger partial charge in [-0.3, -0.25) is 4.98 Å². The molecule has 2 aliphatic rings. The van der Waals surface area contributed by atoms with E-state index < -0.39 is 0 Å². The van der Waals surface area contributed by atoms with Crippen molar-refractivity contribution in [3.8, 4) is 0 Å². The van der Waals surface area contributed by atoms with Gasteiger partial charge in [-0.2, -0.15) is 0 Å². The Morgan fingerprint density at radius 3 is 2.86 bits per heavy atom. The van der Waals surface area contributed by atoms with Crippen molar-refractivity contribution in [1.29, 1.82) is 0 Å². The lowest BCUT2D eigenvalue weighted by atomic mass is 9.70. The molecule has 3 heteroatoms. The molecule has 0 radical (unpaired) electrons. The molecule has 0 amide bonds. The van der Waals surface area contributed by atoms with Crippen LogP contribution in [0.15, 0.2) is 12.3 Å². The Morgan fingerprint density at radius 1 is 1.43 bits per heavy atom. The van der Waals surface area contributed by atoms with Crippen LogP contribution in [0.4, 0.5) is 0 Å². The molecule has 2 fully saturated rings. The highest BCUT2D eigenvalue weighted by molar-refractivity contribution is 5.26. The molecule has 1 saturated carbocycles. The average Bonchev–Trinajstić information content (AvgIpc) is 2.44. The maximum absolute atomic E-state index is 6.10. The van der Waals surface area contributed by atoms with E-state index in [1.54, 1.807) is 0 Å².